The summed E-state index contributed by atoms with van der Waals surface area (Å²) in [5.41, 5.74) is 10.6. The number of carboxylic acids is 1. The van der Waals surface area contributed by atoms with Gasteiger partial charge in [-0.25, -0.2) is 4.79 Å². The Morgan fingerprint density at radius 1 is 0.929 bits per heavy atom. The molecule has 160 valence electrons. The van der Waals surface area contributed by atoms with Crippen molar-refractivity contribution in [3.63, 3.8) is 0 Å². The standard InChI is InChI=1S/C16H29N5O7/c1-7(2)12(15(26)20-10(6-22)16(27)28)21-13(24)8(3)19-14(25)9(17)4-5-11(18)23/h7-10,12,22H,4-6,17H2,1-3H3,(H2,18,23)(H,19,25)(H,20,26)(H,21,24)(H,27,28). The van der Waals surface area contributed by atoms with E-state index in [2.05, 4.69) is 16.0 Å². The molecule has 12 heteroatoms. The molecule has 9 N–H and O–H groups in total. The van der Waals surface area contributed by atoms with Crippen LogP contribution in [0.4, 0.5) is 0 Å². The number of aliphatic hydroxyl groups excluding tert-OH is 1. The van der Waals surface area contributed by atoms with Crippen LogP contribution in [0.2, 0.25) is 0 Å². The Morgan fingerprint density at radius 2 is 1.50 bits per heavy atom. The SMILES string of the molecule is CC(NC(=O)C(N)CCC(N)=O)C(=O)NC(C(=O)NC(CO)C(=O)O)C(C)C. The molecule has 0 aliphatic rings. The Kier molecular flexibility index (Phi) is 10.7. The van der Waals surface area contributed by atoms with Crippen LogP contribution in [0.25, 0.3) is 0 Å². The minimum absolute atomic E-state index is 0.0181. The van der Waals surface area contributed by atoms with Crippen LogP contribution in [0.3, 0.4) is 0 Å². The van der Waals surface area contributed by atoms with Gasteiger partial charge in [0, 0.05) is 6.42 Å². The number of carboxylic acid groups (broad SMARTS) is 1. The van der Waals surface area contributed by atoms with E-state index in [0.717, 1.165) is 0 Å². The van der Waals surface area contributed by atoms with E-state index in [-0.39, 0.29) is 12.8 Å². The molecule has 0 aliphatic carbocycles. The van der Waals surface area contributed by atoms with Gasteiger partial charge in [0.05, 0.1) is 12.6 Å². The van der Waals surface area contributed by atoms with Crippen LogP contribution in [-0.2, 0) is 24.0 Å². The third-order valence-electron chi connectivity index (χ3n) is 3.83. The fourth-order valence-electron chi connectivity index (χ4n) is 2.08. The molecule has 0 rings (SSSR count). The number of amides is 4. The summed E-state index contributed by atoms with van der Waals surface area (Å²) in [6, 6.07) is -4.68. The number of aliphatic hydroxyl groups is 1. The Morgan fingerprint density at radius 3 is 1.93 bits per heavy atom. The lowest BCUT2D eigenvalue weighted by atomic mass is 10.0. The van der Waals surface area contributed by atoms with Crippen molar-refractivity contribution < 1.29 is 34.2 Å². The van der Waals surface area contributed by atoms with Gasteiger partial charge in [-0.05, 0) is 19.3 Å². The highest BCUT2D eigenvalue weighted by Gasteiger charge is 2.30. The van der Waals surface area contributed by atoms with Crippen molar-refractivity contribution in [2.45, 2.75) is 57.8 Å². The Labute approximate surface area is 162 Å². The maximum atomic E-state index is 12.3. The summed E-state index contributed by atoms with van der Waals surface area (Å²) in [5, 5.41) is 24.8. The molecule has 4 unspecified atom stereocenters. The highest BCUT2D eigenvalue weighted by Crippen LogP contribution is 2.04. The van der Waals surface area contributed by atoms with Crippen LogP contribution in [0.1, 0.15) is 33.6 Å². The zero-order chi connectivity index (χ0) is 22.0. The summed E-state index contributed by atoms with van der Waals surface area (Å²) in [7, 11) is 0. The van der Waals surface area contributed by atoms with Gasteiger partial charge in [-0.3, -0.25) is 19.2 Å². The van der Waals surface area contributed by atoms with E-state index in [4.69, 9.17) is 21.7 Å². The van der Waals surface area contributed by atoms with E-state index in [1.54, 1.807) is 13.8 Å². The highest BCUT2D eigenvalue weighted by atomic mass is 16.4. The van der Waals surface area contributed by atoms with E-state index in [1.165, 1.54) is 6.92 Å². The second kappa shape index (κ2) is 11.9. The molecule has 0 aromatic carbocycles. The van der Waals surface area contributed by atoms with Crippen molar-refractivity contribution in [2.24, 2.45) is 17.4 Å². The zero-order valence-corrected chi connectivity index (χ0v) is 16.1. The molecule has 0 heterocycles. The monoisotopic (exact) mass is 403 g/mol. The van der Waals surface area contributed by atoms with E-state index >= 15 is 0 Å². The van der Waals surface area contributed by atoms with Gasteiger partial charge in [0.1, 0.15) is 18.1 Å². The molecule has 12 nitrogen and oxygen atoms in total. The minimum atomic E-state index is -1.51. The molecule has 0 saturated carbocycles. The van der Waals surface area contributed by atoms with Crippen LogP contribution < -0.4 is 27.4 Å². The lowest BCUT2D eigenvalue weighted by Crippen LogP contribution is -2.58. The number of carbonyl (C=O) groups is 5. The van der Waals surface area contributed by atoms with Crippen molar-refractivity contribution >= 4 is 29.6 Å². The van der Waals surface area contributed by atoms with Crippen molar-refractivity contribution in [1.82, 2.24) is 16.0 Å². The first-order valence-corrected chi connectivity index (χ1v) is 8.69. The molecule has 0 spiro atoms. The fraction of sp³-hybridized carbons (Fsp3) is 0.688. The molecular formula is C16H29N5O7. The molecule has 0 aromatic heterocycles. The van der Waals surface area contributed by atoms with Gasteiger partial charge in [-0.15, -0.1) is 0 Å². The number of aliphatic carboxylic acids is 1. The van der Waals surface area contributed by atoms with Crippen LogP contribution in [0.5, 0.6) is 0 Å². The minimum Gasteiger partial charge on any atom is -0.480 e. The van der Waals surface area contributed by atoms with Gasteiger partial charge in [-0.1, -0.05) is 13.8 Å². The topological polar surface area (TPSA) is 214 Å². The largest absolute Gasteiger partial charge is 0.480 e. The molecule has 4 atom stereocenters. The molecule has 0 aromatic rings. The summed E-state index contributed by atoms with van der Waals surface area (Å²) in [4.78, 5) is 58.1. The predicted octanol–water partition coefficient (Wildman–Crippen LogP) is -3.21. The van der Waals surface area contributed by atoms with Crippen LogP contribution in [0.15, 0.2) is 0 Å². The molecule has 0 bridgehead atoms. The molecule has 28 heavy (non-hydrogen) atoms. The predicted molar refractivity (Wildman–Crippen MR) is 97.4 cm³/mol. The molecule has 0 saturated heterocycles. The van der Waals surface area contributed by atoms with Gasteiger partial charge >= 0.3 is 5.97 Å². The van der Waals surface area contributed by atoms with Gasteiger partial charge in [0.25, 0.3) is 0 Å². The van der Waals surface area contributed by atoms with Gasteiger partial charge in [0.15, 0.2) is 0 Å². The number of primary amides is 1. The molecule has 4 amide bonds. The third kappa shape index (κ3) is 8.77. The average molecular weight is 403 g/mol. The molecule has 0 aliphatic heterocycles. The summed E-state index contributed by atoms with van der Waals surface area (Å²) in [6.07, 6.45) is -0.0649. The number of nitrogens with one attached hydrogen (secondary N) is 3. The van der Waals surface area contributed by atoms with E-state index in [0.29, 0.717) is 0 Å². The first-order chi connectivity index (χ1) is 12.9. The number of hydrogen-bond donors (Lipinski definition) is 7. The lowest BCUT2D eigenvalue weighted by Gasteiger charge is -2.25. The molecule has 0 radical (unpaired) electrons. The van der Waals surface area contributed by atoms with E-state index < -0.39 is 66.3 Å². The van der Waals surface area contributed by atoms with Crippen LogP contribution in [0, 0.1) is 5.92 Å². The van der Waals surface area contributed by atoms with Gasteiger partial charge in [0.2, 0.25) is 23.6 Å². The highest BCUT2D eigenvalue weighted by molar-refractivity contribution is 5.94. The van der Waals surface area contributed by atoms with E-state index in [9.17, 15) is 24.0 Å². The zero-order valence-electron chi connectivity index (χ0n) is 16.1. The number of carbonyl (C=O) groups excluding carboxylic acids is 4. The molecule has 0 fully saturated rings. The summed E-state index contributed by atoms with van der Waals surface area (Å²) in [6.45, 7) is 3.82. The summed E-state index contributed by atoms with van der Waals surface area (Å²) >= 11 is 0. The van der Waals surface area contributed by atoms with Gasteiger partial charge < -0.3 is 37.6 Å². The lowest BCUT2D eigenvalue weighted by molar-refractivity contribution is -0.143. The third-order valence-corrected chi connectivity index (χ3v) is 3.83. The maximum absolute atomic E-state index is 12.3. The quantitative estimate of drug-likeness (QED) is 0.175. The molecular weight excluding hydrogens is 374 g/mol. The fourth-order valence-corrected chi connectivity index (χ4v) is 2.08. The number of rotatable bonds is 12. The first-order valence-electron chi connectivity index (χ1n) is 8.69. The van der Waals surface area contributed by atoms with Crippen molar-refractivity contribution in [1.29, 1.82) is 0 Å². The second-order valence-electron chi connectivity index (χ2n) is 6.65. The summed E-state index contributed by atoms with van der Waals surface area (Å²) in [5.74, 6) is -4.59. The Bertz CT molecular complexity index is 596. The number of hydrogen-bond acceptors (Lipinski definition) is 7. The first kappa shape index (κ1) is 25.3. The number of nitrogens with two attached hydrogens (primary N) is 2. The Balaban J connectivity index is 4.86. The average Bonchev–Trinajstić information content (AvgIpc) is 2.60. The smallest absolute Gasteiger partial charge is 0.328 e. The maximum Gasteiger partial charge on any atom is 0.328 e. The van der Waals surface area contributed by atoms with E-state index in [1.807, 2.05) is 0 Å². The van der Waals surface area contributed by atoms with Gasteiger partial charge in [-0.2, -0.15) is 0 Å². The van der Waals surface area contributed by atoms with Crippen LogP contribution in [-0.4, -0.2) is 70.6 Å². The van der Waals surface area contributed by atoms with Crippen LogP contribution >= 0.6 is 0 Å². The van der Waals surface area contributed by atoms with Crippen molar-refractivity contribution in [2.75, 3.05) is 6.61 Å². The van der Waals surface area contributed by atoms with Crippen molar-refractivity contribution in [3.05, 3.63) is 0 Å². The Hall–Kier alpha value is -2.73. The summed E-state index contributed by atoms with van der Waals surface area (Å²) < 4.78 is 0. The normalized spacial score (nSPS) is 15.1. The second-order valence-corrected chi connectivity index (χ2v) is 6.65. The van der Waals surface area contributed by atoms with Crippen molar-refractivity contribution in [3.8, 4) is 0 Å².